The van der Waals surface area contributed by atoms with Gasteiger partial charge in [-0.2, -0.15) is 0 Å². The lowest BCUT2D eigenvalue weighted by atomic mass is 10.1. The Morgan fingerprint density at radius 3 is 2.46 bits per heavy atom. The van der Waals surface area contributed by atoms with Crippen LogP contribution in [0.5, 0.6) is 0 Å². The van der Waals surface area contributed by atoms with Crippen LogP contribution in [0, 0.1) is 0 Å². The smallest absolute Gasteiger partial charge is 0.312 e. The number of nitrogens with one attached hydrogen (secondary N) is 1. The summed E-state index contributed by atoms with van der Waals surface area (Å²) in [7, 11) is 1.72. The van der Waals surface area contributed by atoms with Gasteiger partial charge in [0.1, 0.15) is 6.54 Å². The van der Waals surface area contributed by atoms with Gasteiger partial charge in [0.2, 0.25) is 5.91 Å². The average molecular weight is 337 g/mol. The maximum Gasteiger partial charge on any atom is 0.312 e. The molecule has 3 aliphatic heterocycles. The third-order valence-electron chi connectivity index (χ3n) is 5.40. The Bertz CT molecular complexity index is 512. The molecular weight excluding hydrogens is 310 g/mol. The molecule has 0 aromatic heterocycles. The van der Waals surface area contributed by atoms with E-state index in [1.165, 1.54) is 4.90 Å². The average Bonchev–Trinajstić information content (AvgIpc) is 3.11. The summed E-state index contributed by atoms with van der Waals surface area (Å²) in [5.41, 5.74) is 0. The fourth-order valence-corrected chi connectivity index (χ4v) is 3.79. The number of amides is 3. The van der Waals surface area contributed by atoms with Crippen molar-refractivity contribution in [3.05, 3.63) is 0 Å². The van der Waals surface area contributed by atoms with E-state index in [2.05, 4.69) is 10.2 Å². The highest BCUT2D eigenvalue weighted by Crippen LogP contribution is 2.14. The van der Waals surface area contributed by atoms with E-state index in [-0.39, 0.29) is 18.5 Å². The van der Waals surface area contributed by atoms with Gasteiger partial charge in [-0.05, 0) is 19.9 Å². The molecule has 0 aromatic rings. The molecule has 0 saturated carbocycles. The first-order valence-corrected chi connectivity index (χ1v) is 8.76. The van der Waals surface area contributed by atoms with Gasteiger partial charge < -0.3 is 20.0 Å². The van der Waals surface area contributed by atoms with E-state index in [4.69, 9.17) is 0 Å². The third kappa shape index (κ3) is 3.39. The predicted molar refractivity (Wildman–Crippen MR) is 88.2 cm³/mol. The van der Waals surface area contributed by atoms with Crippen molar-refractivity contribution in [2.75, 3.05) is 59.4 Å². The van der Waals surface area contributed by atoms with Gasteiger partial charge in [-0.1, -0.05) is 0 Å². The van der Waals surface area contributed by atoms with E-state index in [0.29, 0.717) is 25.7 Å². The molecule has 2 atom stereocenters. The molecule has 3 fully saturated rings. The third-order valence-corrected chi connectivity index (χ3v) is 5.40. The van der Waals surface area contributed by atoms with Crippen LogP contribution in [0.1, 0.15) is 13.3 Å². The molecule has 0 aliphatic carbocycles. The fourth-order valence-electron chi connectivity index (χ4n) is 3.79. The van der Waals surface area contributed by atoms with Crippen molar-refractivity contribution in [3.63, 3.8) is 0 Å². The molecule has 1 N–H and O–H groups in total. The number of carbonyl (C=O) groups is 3. The van der Waals surface area contributed by atoms with Crippen molar-refractivity contribution < 1.29 is 14.4 Å². The Balaban J connectivity index is 1.54. The van der Waals surface area contributed by atoms with E-state index in [0.717, 1.165) is 32.6 Å². The zero-order valence-corrected chi connectivity index (χ0v) is 14.5. The maximum atomic E-state index is 12.5. The monoisotopic (exact) mass is 337 g/mol. The summed E-state index contributed by atoms with van der Waals surface area (Å²) in [5, 5.41) is 3.36. The lowest BCUT2D eigenvalue weighted by Crippen LogP contribution is -2.60. The molecule has 0 aromatic carbocycles. The van der Waals surface area contributed by atoms with Crippen LogP contribution in [0.25, 0.3) is 0 Å². The van der Waals surface area contributed by atoms with Crippen LogP contribution in [-0.4, -0.2) is 109 Å². The summed E-state index contributed by atoms with van der Waals surface area (Å²) in [6.45, 7) is 7.18. The first-order chi connectivity index (χ1) is 11.5. The molecule has 3 rings (SSSR count). The first kappa shape index (κ1) is 17.2. The topological polar surface area (TPSA) is 76.2 Å². The quantitative estimate of drug-likeness (QED) is 0.571. The van der Waals surface area contributed by atoms with Gasteiger partial charge in [-0.25, -0.2) is 0 Å². The Labute approximate surface area is 142 Å². The van der Waals surface area contributed by atoms with Crippen molar-refractivity contribution in [2.45, 2.75) is 25.4 Å². The van der Waals surface area contributed by atoms with Crippen LogP contribution in [0.15, 0.2) is 0 Å². The number of hydrogen-bond acceptors (Lipinski definition) is 5. The van der Waals surface area contributed by atoms with Crippen molar-refractivity contribution >= 4 is 17.7 Å². The van der Waals surface area contributed by atoms with E-state index >= 15 is 0 Å². The van der Waals surface area contributed by atoms with E-state index in [1.807, 2.05) is 6.92 Å². The van der Waals surface area contributed by atoms with Gasteiger partial charge in [0, 0.05) is 58.4 Å². The van der Waals surface area contributed by atoms with Gasteiger partial charge >= 0.3 is 11.8 Å². The highest BCUT2D eigenvalue weighted by atomic mass is 16.2. The van der Waals surface area contributed by atoms with E-state index < -0.39 is 11.8 Å². The van der Waals surface area contributed by atoms with Gasteiger partial charge in [0.05, 0.1) is 0 Å². The normalized spacial score (nSPS) is 29.2. The summed E-state index contributed by atoms with van der Waals surface area (Å²) in [6.07, 6.45) is 1.15. The highest BCUT2D eigenvalue weighted by molar-refractivity contribution is 6.35. The van der Waals surface area contributed by atoms with Crippen LogP contribution in [-0.2, 0) is 14.4 Å². The number of piperazine rings is 2. The number of nitrogens with zero attached hydrogens (tertiary/aromatic N) is 4. The van der Waals surface area contributed by atoms with Crippen LogP contribution < -0.4 is 5.32 Å². The van der Waals surface area contributed by atoms with Gasteiger partial charge in [-0.3, -0.25) is 19.3 Å². The molecule has 134 valence electrons. The SMILES string of the molecule is CC1CN(C)C(=O)CN1C(=O)C(=O)N1CCN(C2CCNC2)CC1. The summed E-state index contributed by atoms with van der Waals surface area (Å²) in [5.74, 6) is -1.13. The van der Waals surface area contributed by atoms with Gasteiger partial charge in [0.25, 0.3) is 0 Å². The molecule has 8 heteroatoms. The Morgan fingerprint density at radius 2 is 1.83 bits per heavy atom. The zero-order chi connectivity index (χ0) is 17.3. The molecule has 3 saturated heterocycles. The summed E-state index contributed by atoms with van der Waals surface area (Å²) >= 11 is 0. The standard InChI is InChI=1S/C16H27N5O3/c1-12-10-18(2)14(22)11-21(12)16(24)15(23)20-7-5-19(6-8-20)13-3-4-17-9-13/h12-13,17H,3-11H2,1-2H3. The van der Waals surface area contributed by atoms with Crippen LogP contribution in [0.3, 0.4) is 0 Å². The molecule has 0 radical (unpaired) electrons. The second-order valence-corrected chi connectivity index (χ2v) is 7.03. The molecule has 8 nitrogen and oxygen atoms in total. The molecule has 24 heavy (non-hydrogen) atoms. The second kappa shape index (κ2) is 7.06. The molecule has 2 unspecified atom stereocenters. The van der Waals surface area contributed by atoms with E-state index in [9.17, 15) is 14.4 Å². The first-order valence-electron chi connectivity index (χ1n) is 8.76. The van der Waals surface area contributed by atoms with Crippen molar-refractivity contribution in [1.29, 1.82) is 0 Å². The largest absolute Gasteiger partial charge is 0.342 e. The summed E-state index contributed by atoms with van der Waals surface area (Å²) in [4.78, 5) is 44.0. The van der Waals surface area contributed by atoms with Gasteiger partial charge in [0.15, 0.2) is 0 Å². The van der Waals surface area contributed by atoms with Crippen molar-refractivity contribution in [1.82, 2.24) is 24.9 Å². The number of carbonyl (C=O) groups excluding carboxylic acids is 3. The predicted octanol–water partition coefficient (Wildman–Crippen LogP) is -1.82. The number of hydrogen-bond donors (Lipinski definition) is 1. The minimum atomic E-state index is -0.542. The lowest BCUT2D eigenvalue weighted by Gasteiger charge is -2.40. The second-order valence-electron chi connectivity index (χ2n) is 7.03. The number of rotatable bonds is 1. The van der Waals surface area contributed by atoms with Gasteiger partial charge in [-0.15, -0.1) is 0 Å². The minimum absolute atomic E-state index is 0.00402. The highest BCUT2D eigenvalue weighted by Gasteiger charge is 2.37. The number of likely N-dealkylation sites (N-methyl/N-ethyl adjacent to an activating group) is 1. The molecular formula is C16H27N5O3. The zero-order valence-electron chi connectivity index (χ0n) is 14.5. The van der Waals surface area contributed by atoms with Crippen LogP contribution in [0.2, 0.25) is 0 Å². The van der Waals surface area contributed by atoms with Crippen LogP contribution in [0.4, 0.5) is 0 Å². The lowest BCUT2D eigenvalue weighted by molar-refractivity contribution is -0.158. The molecule has 0 spiro atoms. The maximum absolute atomic E-state index is 12.5. The van der Waals surface area contributed by atoms with Crippen molar-refractivity contribution in [2.24, 2.45) is 0 Å². The molecule has 0 bridgehead atoms. The van der Waals surface area contributed by atoms with Crippen molar-refractivity contribution in [3.8, 4) is 0 Å². The van der Waals surface area contributed by atoms with Crippen LogP contribution >= 0.6 is 0 Å². The molecule has 3 heterocycles. The van der Waals surface area contributed by atoms with E-state index in [1.54, 1.807) is 16.8 Å². The Kier molecular flexibility index (Phi) is 5.05. The Hall–Kier alpha value is -1.67. The summed E-state index contributed by atoms with van der Waals surface area (Å²) < 4.78 is 0. The minimum Gasteiger partial charge on any atom is -0.342 e. The fraction of sp³-hybridized carbons (Fsp3) is 0.812. The summed E-state index contributed by atoms with van der Waals surface area (Å²) in [6, 6.07) is 0.420. The molecule has 3 amide bonds. The Morgan fingerprint density at radius 1 is 1.12 bits per heavy atom. The molecule has 3 aliphatic rings.